The maximum atomic E-state index is 5.86. The molecule has 3 rings (SSSR count). The molecule has 5 heteroatoms. The highest BCUT2D eigenvalue weighted by Crippen LogP contribution is 2.23. The molecule has 1 aromatic carbocycles. The average Bonchev–Trinajstić information content (AvgIpc) is 2.80. The molecular weight excluding hydrogens is 252 g/mol. The van der Waals surface area contributed by atoms with Crippen LogP contribution in [0.2, 0.25) is 0 Å². The summed E-state index contributed by atoms with van der Waals surface area (Å²) in [5, 5.41) is 0. The number of ether oxygens (including phenoxy) is 1. The van der Waals surface area contributed by atoms with Gasteiger partial charge in [0.05, 0.1) is 17.4 Å². The Bertz CT molecular complexity index is 743. The van der Waals surface area contributed by atoms with Crippen LogP contribution in [-0.4, -0.2) is 15.0 Å². The van der Waals surface area contributed by atoms with Crippen LogP contribution in [0.25, 0.3) is 11.2 Å². The monoisotopic (exact) mass is 268 g/mol. The number of benzene rings is 1. The number of nitrogens with one attached hydrogen (secondary N) is 1. The highest BCUT2D eigenvalue weighted by atomic mass is 16.5. The molecule has 2 aromatic heterocycles. The van der Waals surface area contributed by atoms with Crippen LogP contribution >= 0.6 is 0 Å². The van der Waals surface area contributed by atoms with Crippen LogP contribution in [0, 0.1) is 13.8 Å². The number of aromatic amines is 1. The number of pyridine rings is 1. The van der Waals surface area contributed by atoms with Crippen molar-refractivity contribution in [2.45, 2.75) is 20.5 Å². The first-order valence-electron chi connectivity index (χ1n) is 6.42. The summed E-state index contributed by atoms with van der Waals surface area (Å²) in [6.07, 6.45) is 1.60. The zero-order valence-corrected chi connectivity index (χ0v) is 11.5. The number of para-hydroxylation sites is 1. The fourth-order valence-electron chi connectivity index (χ4n) is 2.20. The van der Waals surface area contributed by atoms with Gasteiger partial charge in [-0.1, -0.05) is 18.2 Å². The molecule has 3 N–H and O–H groups in total. The van der Waals surface area contributed by atoms with Gasteiger partial charge in [-0.15, -0.1) is 0 Å². The second-order valence-electron chi connectivity index (χ2n) is 4.83. The molecule has 2 heterocycles. The molecule has 0 fully saturated rings. The SMILES string of the molecule is Cc1cccc(C)c1OCc1nc2ncc(N)cc2[nH]1. The van der Waals surface area contributed by atoms with Crippen molar-refractivity contribution in [1.82, 2.24) is 15.0 Å². The summed E-state index contributed by atoms with van der Waals surface area (Å²) in [5.74, 6) is 1.64. The molecule has 0 atom stereocenters. The Morgan fingerprint density at radius 3 is 2.75 bits per heavy atom. The van der Waals surface area contributed by atoms with Crippen LogP contribution in [0.4, 0.5) is 5.69 Å². The fraction of sp³-hybridized carbons (Fsp3) is 0.200. The number of aromatic nitrogens is 3. The summed E-state index contributed by atoms with van der Waals surface area (Å²) in [6.45, 7) is 4.44. The highest BCUT2D eigenvalue weighted by Gasteiger charge is 2.07. The molecule has 102 valence electrons. The van der Waals surface area contributed by atoms with Gasteiger partial charge in [0.25, 0.3) is 0 Å². The second kappa shape index (κ2) is 4.85. The number of rotatable bonds is 3. The van der Waals surface area contributed by atoms with E-state index in [4.69, 9.17) is 10.5 Å². The van der Waals surface area contributed by atoms with Crippen molar-refractivity contribution in [3.8, 4) is 5.75 Å². The van der Waals surface area contributed by atoms with Gasteiger partial charge < -0.3 is 15.5 Å². The van der Waals surface area contributed by atoms with Crippen molar-refractivity contribution in [3.05, 3.63) is 47.4 Å². The standard InChI is InChI=1S/C15H16N4O/c1-9-4-3-5-10(2)14(9)20-8-13-18-12-6-11(16)7-17-15(12)19-13/h3-7H,8,16H2,1-2H3,(H,17,18,19). The lowest BCUT2D eigenvalue weighted by molar-refractivity contribution is 0.293. The molecular formula is C15H16N4O. The lowest BCUT2D eigenvalue weighted by atomic mass is 10.1. The first kappa shape index (κ1) is 12.5. The molecule has 0 saturated carbocycles. The number of anilines is 1. The van der Waals surface area contributed by atoms with Gasteiger partial charge in [-0.25, -0.2) is 9.97 Å². The summed E-state index contributed by atoms with van der Waals surface area (Å²) >= 11 is 0. The molecule has 0 radical (unpaired) electrons. The average molecular weight is 268 g/mol. The molecule has 0 aliphatic heterocycles. The van der Waals surface area contributed by atoms with Crippen molar-refractivity contribution in [1.29, 1.82) is 0 Å². The Kier molecular flexibility index (Phi) is 3.02. The van der Waals surface area contributed by atoms with E-state index in [1.807, 2.05) is 38.1 Å². The number of nitrogens with zero attached hydrogens (tertiary/aromatic N) is 2. The van der Waals surface area contributed by atoms with Gasteiger partial charge >= 0.3 is 0 Å². The van der Waals surface area contributed by atoms with E-state index in [1.54, 1.807) is 6.20 Å². The minimum atomic E-state index is 0.377. The minimum Gasteiger partial charge on any atom is -0.485 e. The Labute approximate surface area is 116 Å². The van der Waals surface area contributed by atoms with Crippen LogP contribution in [0.5, 0.6) is 5.75 Å². The highest BCUT2D eigenvalue weighted by molar-refractivity contribution is 5.73. The predicted molar refractivity (Wildman–Crippen MR) is 78.5 cm³/mol. The van der Waals surface area contributed by atoms with E-state index in [-0.39, 0.29) is 0 Å². The van der Waals surface area contributed by atoms with Gasteiger partial charge in [0.2, 0.25) is 0 Å². The van der Waals surface area contributed by atoms with Crippen molar-refractivity contribution in [2.75, 3.05) is 5.73 Å². The van der Waals surface area contributed by atoms with Crippen LogP contribution in [0.1, 0.15) is 17.0 Å². The maximum absolute atomic E-state index is 5.86. The number of nitrogens with two attached hydrogens (primary N) is 1. The largest absolute Gasteiger partial charge is 0.485 e. The number of hydrogen-bond donors (Lipinski definition) is 2. The Balaban J connectivity index is 1.83. The van der Waals surface area contributed by atoms with E-state index >= 15 is 0 Å². The van der Waals surface area contributed by atoms with Gasteiger partial charge in [-0.05, 0) is 31.0 Å². The van der Waals surface area contributed by atoms with E-state index in [0.717, 1.165) is 28.2 Å². The molecule has 20 heavy (non-hydrogen) atoms. The number of fused-ring (bicyclic) bond motifs is 1. The first-order valence-corrected chi connectivity index (χ1v) is 6.42. The van der Waals surface area contributed by atoms with E-state index in [0.29, 0.717) is 17.9 Å². The van der Waals surface area contributed by atoms with Crippen molar-refractivity contribution in [2.24, 2.45) is 0 Å². The number of nitrogen functional groups attached to an aromatic ring is 1. The zero-order valence-electron chi connectivity index (χ0n) is 11.5. The molecule has 0 aliphatic carbocycles. The molecule has 0 aliphatic rings. The van der Waals surface area contributed by atoms with Gasteiger partial charge in [0.1, 0.15) is 18.2 Å². The molecule has 0 saturated heterocycles. The van der Waals surface area contributed by atoms with Crippen LogP contribution in [0.15, 0.2) is 30.5 Å². The summed E-state index contributed by atoms with van der Waals surface area (Å²) in [6, 6.07) is 7.90. The summed E-state index contributed by atoms with van der Waals surface area (Å²) in [7, 11) is 0. The van der Waals surface area contributed by atoms with Gasteiger partial charge in [0, 0.05) is 0 Å². The molecule has 0 amide bonds. The van der Waals surface area contributed by atoms with Gasteiger partial charge in [0.15, 0.2) is 5.65 Å². The van der Waals surface area contributed by atoms with Crippen molar-refractivity contribution in [3.63, 3.8) is 0 Å². The van der Waals surface area contributed by atoms with E-state index < -0.39 is 0 Å². The fourth-order valence-corrected chi connectivity index (χ4v) is 2.20. The van der Waals surface area contributed by atoms with E-state index in [1.165, 1.54) is 0 Å². The van der Waals surface area contributed by atoms with Crippen LogP contribution < -0.4 is 10.5 Å². The normalized spacial score (nSPS) is 10.9. The first-order chi connectivity index (χ1) is 9.63. The molecule has 0 bridgehead atoms. The van der Waals surface area contributed by atoms with Gasteiger partial charge in [-0.2, -0.15) is 0 Å². The van der Waals surface area contributed by atoms with Crippen LogP contribution in [0.3, 0.4) is 0 Å². The Hall–Kier alpha value is -2.56. The third kappa shape index (κ3) is 2.30. The summed E-state index contributed by atoms with van der Waals surface area (Å²) in [5.41, 5.74) is 10.0. The number of hydrogen-bond acceptors (Lipinski definition) is 4. The van der Waals surface area contributed by atoms with E-state index in [9.17, 15) is 0 Å². The third-order valence-electron chi connectivity index (χ3n) is 3.17. The second-order valence-corrected chi connectivity index (χ2v) is 4.83. The molecule has 5 nitrogen and oxygen atoms in total. The smallest absolute Gasteiger partial charge is 0.177 e. The van der Waals surface area contributed by atoms with Gasteiger partial charge in [-0.3, -0.25) is 0 Å². The lowest BCUT2D eigenvalue weighted by Crippen LogP contribution is -2.00. The Morgan fingerprint density at radius 1 is 1.25 bits per heavy atom. The molecule has 0 spiro atoms. The summed E-state index contributed by atoms with van der Waals surface area (Å²) < 4.78 is 5.86. The molecule has 3 aromatic rings. The molecule has 0 unspecified atom stereocenters. The summed E-state index contributed by atoms with van der Waals surface area (Å²) in [4.78, 5) is 11.7. The van der Waals surface area contributed by atoms with Crippen LogP contribution in [-0.2, 0) is 6.61 Å². The quantitative estimate of drug-likeness (QED) is 0.765. The number of aryl methyl sites for hydroxylation is 2. The number of imidazole rings is 1. The maximum Gasteiger partial charge on any atom is 0.177 e. The van der Waals surface area contributed by atoms with Crippen molar-refractivity contribution >= 4 is 16.9 Å². The zero-order chi connectivity index (χ0) is 14.1. The topological polar surface area (TPSA) is 76.8 Å². The minimum absolute atomic E-state index is 0.377. The number of H-pyrrole nitrogens is 1. The lowest BCUT2D eigenvalue weighted by Gasteiger charge is -2.10. The third-order valence-corrected chi connectivity index (χ3v) is 3.17. The van der Waals surface area contributed by atoms with E-state index in [2.05, 4.69) is 15.0 Å². The predicted octanol–water partition coefficient (Wildman–Crippen LogP) is 2.74. The Morgan fingerprint density at radius 2 is 2.00 bits per heavy atom. The van der Waals surface area contributed by atoms with Crippen molar-refractivity contribution < 1.29 is 4.74 Å².